The van der Waals surface area contributed by atoms with E-state index < -0.39 is 0 Å². The van der Waals surface area contributed by atoms with Gasteiger partial charge in [-0.05, 0) is 128 Å². The summed E-state index contributed by atoms with van der Waals surface area (Å²) in [4.78, 5) is 29.6. The molecule has 1 atom stereocenters. The van der Waals surface area contributed by atoms with Crippen molar-refractivity contribution < 1.29 is 0 Å². The minimum absolute atomic E-state index is 0.148. The zero-order chi connectivity index (χ0) is 33.7. The van der Waals surface area contributed by atoms with Crippen molar-refractivity contribution in [2.24, 2.45) is 15.0 Å². The Kier molecular flexibility index (Phi) is 8.98. The van der Waals surface area contributed by atoms with Crippen molar-refractivity contribution in [3.63, 3.8) is 0 Å². The summed E-state index contributed by atoms with van der Waals surface area (Å²) in [5.74, 6) is 0. The third-order valence-electron chi connectivity index (χ3n) is 9.37. The number of aliphatic imine (C=N–C) groups is 3. The van der Waals surface area contributed by atoms with Crippen LogP contribution >= 0.6 is 0 Å². The number of hydrogen-bond donors (Lipinski definition) is 0. The molecule has 0 radical (unpaired) electrons. The van der Waals surface area contributed by atoms with Crippen LogP contribution in [0.25, 0.3) is 44.9 Å². The Morgan fingerprint density at radius 1 is 0.620 bits per heavy atom. The third kappa shape index (κ3) is 6.57. The van der Waals surface area contributed by atoms with E-state index in [0.717, 1.165) is 112 Å². The molecular weight excluding hydrogens is 613 g/mol. The third-order valence-corrected chi connectivity index (χ3v) is 9.37. The van der Waals surface area contributed by atoms with Gasteiger partial charge in [0.2, 0.25) is 0 Å². The number of dihydropyridines is 3. The van der Waals surface area contributed by atoms with E-state index >= 15 is 0 Å². The van der Waals surface area contributed by atoms with Crippen LogP contribution in [0.1, 0.15) is 41.5 Å². The van der Waals surface area contributed by atoms with E-state index in [2.05, 4.69) is 85.8 Å². The van der Waals surface area contributed by atoms with Crippen molar-refractivity contribution in [1.82, 2.24) is 15.0 Å². The van der Waals surface area contributed by atoms with Crippen molar-refractivity contribution in [2.45, 2.75) is 38.6 Å². The monoisotopic (exact) mass is 650 g/mol. The first-order valence-electron chi connectivity index (χ1n) is 17.4. The molecule has 8 rings (SSSR count). The second-order valence-corrected chi connectivity index (χ2v) is 12.9. The van der Waals surface area contributed by atoms with E-state index in [1.54, 1.807) is 0 Å². The van der Waals surface area contributed by atoms with Crippen LogP contribution < -0.4 is 0 Å². The van der Waals surface area contributed by atoms with E-state index in [1.807, 2.05) is 55.1 Å². The van der Waals surface area contributed by atoms with Gasteiger partial charge in [0.05, 0.1) is 34.5 Å². The fourth-order valence-electron chi connectivity index (χ4n) is 7.01. The normalized spacial score (nSPS) is 16.7. The van der Waals surface area contributed by atoms with Gasteiger partial charge in [-0.1, -0.05) is 36.4 Å². The number of hydrogen-bond acceptors (Lipinski definition) is 6. The lowest BCUT2D eigenvalue weighted by Crippen LogP contribution is -2.15. The van der Waals surface area contributed by atoms with Gasteiger partial charge >= 0.3 is 0 Å². The lowest BCUT2D eigenvalue weighted by Gasteiger charge is -2.23. The fraction of sp³-hybridized carbons (Fsp3) is 0.182. The Balaban J connectivity index is 1.42. The van der Waals surface area contributed by atoms with Crippen LogP contribution in [-0.4, -0.2) is 51.7 Å². The molecule has 0 fully saturated rings. The molecular formula is C44H38N6. The van der Waals surface area contributed by atoms with Gasteiger partial charge in [-0.2, -0.15) is 0 Å². The lowest BCUT2D eigenvalue weighted by molar-refractivity contribution is 0.679. The average Bonchev–Trinajstić information content (AvgIpc) is 3.19. The molecule has 50 heavy (non-hydrogen) atoms. The summed E-state index contributed by atoms with van der Waals surface area (Å²) in [6.45, 7) is 3.64. The minimum Gasteiger partial charge on any atom is -0.289 e. The highest BCUT2D eigenvalue weighted by molar-refractivity contribution is 6.16. The fourth-order valence-corrected chi connectivity index (χ4v) is 7.01. The van der Waals surface area contributed by atoms with Gasteiger partial charge in [-0.25, -0.2) is 0 Å². The van der Waals surface area contributed by atoms with Gasteiger partial charge in [0, 0.05) is 65.7 Å². The molecule has 3 aliphatic heterocycles. The highest BCUT2D eigenvalue weighted by Crippen LogP contribution is 2.41. The molecule has 1 unspecified atom stereocenters. The van der Waals surface area contributed by atoms with Crippen LogP contribution in [0, 0.1) is 6.92 Å². The first-order chi connectivity index (χ1) is 24.7. The van der Waals surface area contributed by atoms with Crippen LogP contribution in [0.5, 0.6) is 0 Å². The largest absolute Gasteiger partial charge is 0.289 e. The number of allylic oxidation sites excluding steroid dienone is 3. The number of aromatic nitrogens is 3. The quantitative estimate of drug-likeness (QED) is 0.168. The highest BCUT2D eigenvalue weighted by Gasteiger charge is 2.24. The summed E-state index contributed by atoms with van der Waals surface area (Å²) in [5.41, 5.74) is 14.5. The summed E-state index contributed by atoms with van der Waals surface area (Å²) in [5, 5.41) is 0. The van der Waals surface area contributed by atoms with Crippen molar-refractivity contribution in [2.75, 3.05) is 13.1 Å². The molecule has 6 nitrogen and oxygen atoms in total. The SMILES string of the molecule is Cc1ccnc(-c2c(C3=NCCC=C3)cc(-c3cc(CC4CC=CC=N4)c(C4=NCCC=C4)c(-c4ccccn4)c3)cc2-c2ccccn2)c1. The molecule has 6 heteroatoms. The maximum Gasteiger partial charge on any atom is 0.0718 e. The molecule has 0 amide bonds. The molecule has 5 aromatic rings. The summed E-state index contributed by atoms with van der Waals surface area (Å²) in [7, 11) is 0. The maximum absolute atomic E-state index is 5.04. The molecule has 244 valence electrons. The Labute approximate surface area is 293 Å². The van der Waals surface area contributed by atoms with Gasteiger partial charge in [-0.15, -0.1) is 0 Å². The van der Waals surface area contributed by atoms with E-state index in [4.69, 9.17) is 29.9 Å². The number of aryl methyl sites for hydroxylation is 1. The molecule has 0 spiro atoms. The summed E-state index contributed by atoms with van der Waals surface area (Å²) < 4.78 is 0. The first-order valence-corrected chi connectivity index (χ1v) is 17.4. The molecule has 2 aromatic carbocycles. The molecule has 3 aromatic heterocycles. The van der Waals surface area contributed by atoms with Crippen molar-refractivity contribution in [3.8, 4) is 44.9 Å². The predicted molar refractivity (Wildman–Crippen MR) is 206 cm³/mol. The summed E-state index contributed by atoms with van der Waals surface area (Å²) in [6.07, 6.45) is 24.1. The van der Waals surface area contributed by atoms with Crippen LogP contribution in [0.15, 0.2) is 143 Å². The van der Waals surface area contributed by atoms with Crippen LogP contribution in [0.4, 0.5) is 0 Å². The Morgan fingerprint density at radius 3 is 1.90 bits per heavy atom. The van der Waals surface area contributed by atoms with E-state index in [-0.39, 0.29) is 6.04 Å². The van der Waals surface area contributed by atoms with Crippen molar-refractivity contribution >= 4 is 17.6 Å². The summed E-state index contributed by atoms with van der Waals surface area (Å²) >= 11 is 0. The molecule has 0 N–H and O–H groups in total. The number of benzene rings is 2. The number of nitrogens with zero attached hydrogens (tertiary/aromatic N) is 6. The Bertz CT molecular complexity index is 2220. The molecule has 0 saturated heterocycles. The zero-order valence-electron chi connectivity index (χ0n) is 28.2. The topological polar surface area (TPSA) is 75.8 Å². The van der Waals surface area contributed by atoms with Gasteiger partial charge in [0.25, 0.3) is 0 Å². The van der Waals surface area contributed by atoms with Crippen molar-refractivity contribution in [3.05, 3.63) is 150 Å². The Morgan fingerprint density at radius 2 is 1.28 bits per heavy atom. The smallest absolute Gasteiger partial charge is 0.0718 e. The Hall–Kier alpha value is -5.88. The van der Waals surface area contributed by atoms with Crippen LogP contribution in [0.3, 0.4) is 0 Å². The average molecular weight is 651 g/mol. The highest BCUT2D eigenvalue weighted by atomic mass is 14.8. The minimum atomic E-state index is 0.148. The number of rotatable bonds is 8. The van der Waals surface area contributed by atoms with E-state index in [9.17, 15) is 0 Å². The number of pyridine rings is 3. The standard InChI is InChI=1S/C44H38N6/c1-30-17-23-50-42(24-30)44-36(39-14-4-9-20-47-39)28-32(29-37(44)40-15-5-10-21-48-40)31-25-33(26-34-12-2-7-18-45-34)43(41-16-6-11-22-49-41)35(27-31)38-13-3-8-19-46-38/h2-9,13-20,23-25,27-29,34H,10-12,21-22,26H2,1H3. The maximum atomic E-state index is 5.04. The molecule has 0 bridgehead atoms. The van der Waals surface area contributed by atoms with E-state index in [0.29, 0.717) is 0 Å². The van der Waals surface area contributed by atoms with Gasteiger partial charge in [0.15, 0.2) is 0 Å². The second kappa shape index (κ2) is 14.3. The molecule has 0 saturated carbocycles. The zero-order valence-corrected chi connectivity index (χ0v) is 28.2. The van der Waals surface area contributed by atoms with Gasteiger partial charge in [0.1, 0.15) is 0 Å². The van der Waals surface area contributed by atoms with Gasteiger partial charge in [-0.3, -0.25) is 29.9 Å². The van der Waals surface area contributed by atoms with Gasteiger partial charge < -0.3 is 0 Å². The van der Waals surface area contributed by atoms with E-state index in [1.165, 1.54) is 5.56 Å². The second-order valence-electron chi connectivity index (χ2n) is 12.9. The summed E-state index contributed by atoms with van der Waals surface area (Å²) in [6, 6.07) is 25.8. The van der Waals surface area contributed by atoms with Crippen LogP contribution in [-0.2, 0) is 6.42 Å². The van der Waals surface area contributed by atoms with Crippen LogP contribution in [0.2, 0.25) is 0 Å². The lowest BCUT2D eigenvalue weighted by atomic mass is 9.84. The van der Waals surface area contributed by atoms with Crippen molar-refractivity contribution in [1.29, 1.82) is 0 Å². The molecule has 3 aliphatic rings. The molecule has 0 aliphatic carbocycles. The first kappa shape index (κ1) is 31.4. The predicted octanol–water partition coefficient (Wildman–Crippen LogP) is 9.29. The molecule has 6 heterocycles.